The molecule has 0 atom stereocenters. The molecule has 5 heteroatoms. The minimum Gasteiger partial charge on any atom is -0.476 e. The average Bonchev–Trinajstić information content (AvgIpc) is 2.17. The molecule has 0 saturated heterocycles. The second-order valence-electron chi connectivity index (χ2n) is 2.89. The highest BCUT2D eigenvalue weighted by Gasteiger charge is 2.14. The molecule has 2 N–H and O–H groups in total. The lowest BCUT2D eigenvalue weighted by atomic mass is 10.1. The summed E-state index contributed by atoms with van der Waals surface area (Å²) in [5.74, 6) is -0.308. The monoisotopic (exact) mass is 179 g/mol. The molecule has 1 aromatic heterocycles. The quantitative estimate of drug-likeness (QED) is 0.657. The Morgan fingerprint density at radius 3 is 3.23 bits per heavy atom. The Bertz CT molecular complexity index is 351. The van der Waals surface area contributed by atoms with Crippen LogP contribution in [0.15, 0.2) is 6.20 Å². The first-order chi connectivity index (χ1) is 6.27. The van der Waals surface area contributed by atoms with Crippen LogP contribution in [0.4, 0.5) is 5.82 Å². The van der Waals surface area contributed by atoms with Gasteiger partial charge in [0.05, 0.1) is 11.9 Å². The normalized spacial score (nSPS) is 14.5. The van der Waals surface area contributed by atoms with E-state index in [1.165, 1.54) is 6.20 Å². The zero-order valence-electron chi connectivity index (χ0n) is 6.95. The second kappa shape index (κ2) is 3.01. The number of hydrogen-bond acceptors (Lipinski definition) is 4. The SMILES string of the molecule is O=C(O)c1cnc2c(n1)CCCN2. The van der Waals surface area contributed by atoms with Crippen molar-refractivity contribution in [3.63, 3.8) is 0 Å². The van der Waals surface area contributed by atoms with Gasteiger partial charge in [0, 0.05) is 6.54 Å². The minimum atomic E-state index is -1.03. The molecule has 0 radical (unpaired) electrons. The molecule has 5 nitrogen and oxygen atoms in total. The number of rotatable bonds is 1. The lowest BCUT2D eigenvalue weighted by Crippen LogP contribution is -2.16. The summed E-state index contributed by atoms with van der Waals surface area (Å²) in [5.41, 5.74) is 0.772. The molecule has 0 amide bonds. The number of nitrogens with zero attached hydrogens (tertiary/aromatic N) is 2. The fourth-order valence-electron chi connectivity index (χ4n) is 1.32. The largest absolute Gasteiger partial charge is 0.476 e. The number of carbonyl (C=O) groups is 1. The van der Waals surface area contributed by atoms with Gasteiger partial charge >= 0.3 is 5.97 Å². The van der Waals surface area contributed by atoms with Crippen molar-refractivity contribution in [2.75, 3.05) is 11.9 Å². The number of aromatic nitrogens is 2. The van der Waals surface area contributed by atoms with Gasteiger partial charge in [0.25, 0.3) is 0 Å². The molecule has 0 aliphatic carbocycles. The molecule has 13 heavy (non-hydrogen) atoms. The van der Waals surface area contributed by atoms with Crippen LogP contribution in [-0.4, -0.2) is 27.6 Å². The summed E-state index contributed by atoms with van der Waals surface area (Å²) in [6.07, 6.45) is 3.06. The maximum absolute atomic E-state index is 10.6. The number of hydrogen-bond donors (Lipinski definition) is 2. The van der Waals surface area contributed by atoms with E-state index in [0.717, 1.165) is 30.9 Å². The van der Waals surface area contributed by atoms with Crippen LogP contribution >= 0.6 is 0 Å². The molecule has 1 aliphatic rings. The Labute approximate surface area is 74.8 Å². The van der Waals surface area contributed by atoms with Gasteiger partial charge in [-0.3, -0.25) is 0 Å². The Hall–Kier alpha value is -1.65. The number of aromatic carboxylic acids is 1. The molecule has 0 saturated carbocycles. The lowest BCUT2D eigenvalue weighted by molar-refractivity contribution is 0.0689. The maximum Gasteiger partial charge on any atom is 0.356 e. The van der Waals surface area contributed by atoms with Gasteiger partial charge in [0.1, 0.15) is 5.82 Å². The molecule has 68 valence electrons. The number of carboxylic acid groups (broad SMARTS) is 1. The first-order valence-electron chi connectivity index (χ1n) is 4.10. The smallest absolute Gasteiger partial charge is 0.356 e. The van der Waals surface area contributed by atoms with Crippen molar-refractivity contribution >= 4 is 11.8 Å². The first kappa shape index (κ1) is 7.97. The van der Waals surface area contributed by atoms with E-state index in [0.29, 0.717) is 0 Å². The standard InChI is InChI=1S/C8H9N3O2/c12-8(13)6-4-10-7-5(11-6)2-1-3-9-7/h4H,1-3H2,(H,9,10)(H,12,13). The van der Waals surface area contributed by atoms with Gasteiger partial charge in [-0.2, -0.15) is 0 Å². The van der Waals surface area contributed by atoms with E-state index in [1.807, 2.05) is 0 Å². The summed E-state index contributed by atoms with van der Waals surface area (Å²) < 4.78 is 0. The molecule has 0 fully saturated rings. The van der Waals surface area contributed by atoms with Crippen LogP contribution in [0.2, 0.25) is 0 Å². The maximum atomic E-state index is 10.6. The van der Waals surface area contributed by atoms with Gasteiger partial charge in [0.2, 0.25) is 0 Å². The third-order valence-electron chi connectivity index (χ3n) is 1.95. The van der Waals surface area contributed by atoms with Crippen molar-refractivity contribution in [3.05, 3.63) is 17.6 Å². The van der Waals surface area contributed by atoms with E-state index in [2.05, 4.69) is 15.3 Å². The molecular weight excluding hydrogens is 170 g/mol. The minimum absolute atomic E-state index is 0.0162. The third kappa shape index (κ3) is 1.44. The summed E-state index contributed by atoms with van der Waals surface area (Å²) in [7, 11) is 0. The summed E-state index contributed by atoms with van der Waals surface area (Å²) in [4.78, 5) is 18.5. The van der Waals surface area contributed by atoms with Gasteiger partial charge in [-0.05, 0) is 12.8 Å². The van der Waals surface area contributed by atoms with E-state index in [1.54, 1.807) is 0 Å². The van der Waals surface area contributed by atoms with Crippen molar-refractivity contribution < 1.29 is 9.90 Å². The predicted octanol–water partition coefficient (Wildman–Crippen LogP) is 0.533. The molecule has 0 unspecified atom stereocenters. The molecule has 0 spiro atoms. The van der Waals surface area contributed by atoms with Crippen LogP contribution in [0, 0.1) is 0 Å². The average molecular weight is 179 g/mol. The highest BCUT2D eigenvalue weighted by atomic mass is 16.4. The van der Waals surface area contributed by atoms with Gasteiger partial charge in [-0.25, -0.2) is 14.8 Å². The summed E-state index contributed by atoms with van der Waals surface area (Å²) in [6, 6.07) is 0. The fourth-order valence-corrected chi connectivity index (χ4v) is 1.32. The second-order valence-corrected chi connectivity index (χ2v) is 2.89. The summed E-state index contributed by atoms with van der Waals surface area (Å²) in [5, 5.41) is 11.7. The van der Waals surface area contributed by atoms with E-state index < -0.39 is 5.97 Å². The van der Waals surface area contributed by atoms with Gasteiger partial charge in [-0.1, -0.05) is 0 Å². The van der Waals surface area contributed by atoms with E-state index in [-0.39, 0.29) is 5.69 Å². The van der Waals surface area contributed by atoms with E-state index in [9.17, 15) is 4.79 Å². The Kier molecular flexibility index (Phi) is 1.84. The molecule has 2 rings (SSSR count). The van der Waals surface area contributed by atoms with Crippen LogP contribution < -0.4 is 5.32 Å². The van der Waals surface area contributed by atoms with Gasteiger partial charge < -0.3 is 10.4 Å². The van der Waals surface area contributed by atoms with Crippen molar-refractivity contribution in [2.24, 2.45) is 0 Å². The molecule has 0 bridgehead atoms. The van der Waals surface area contributed by atoms with Crippen LogP contribution in [0.1, 0.15) is 22.6 Å². The topological polar surface area (TPSA) is 75.1 Å². The van der Waals surface area contributed by atoms with Gasteiger partial charge in [-0.15, -0.1) is 0 Å². The number of anilines is 1. The molecule has 1 aliphatic heterocycles. The zero-order chi connectivity index (χ0) is 9.26. The predicted molar refractivity (Wildman–Crippen MR) is 45.8 cm³/mol. The number of carboxylic acids is 1. The third-order valence-corrected chi connectivity index (χ3v) is 1.95. The van der Waals surface area contributed by atoms with E-state index in [4.69, 9.17) is 5.11 Å². The molecular formula is C8H9N3O2. The Morgan fingerprint density at radius 1 is 1.62 bits per heavy atom. The number of aryl methyl sites for hydroxylation is 1. The lowest BCUT2D eigenvalue weighted by Gasteiger charge is -2.15. The Balaban J connectivity index is 2.40. The highest BCUT2D eigenvalue weighted by molar-refractivity contribution is 5.85. The van der Waals surface area contributed by atoms with Crippen molar-refractivity contribution in [1.82, 2.24) is 9.97 Å². The highest BCUT2D eigenvalue weighted by Crippen LogP contribution is 2.16. The van der Waals surface area contributed by atoms with Crippen molar-refractivity contribution in [2.45, 2.75) is 12.8 Å². The van der Waals surface area contributed by atoms with Crippen LogP contribution in [0.25, 0.3) is 0 Å². The molecule has 2 heterocycles. The number of nitrogens with one attached hydrogen (secondary N) is 1. The first-order valence-corrected chi connectivity index (χ1v) is 4.10. The van der Waals surface area contributed by atoms with Gasteiger partial charge in [0.15, 0.2) is 5.69 Å². The molecule has 1 aromatic rings. The summed E-state index contributed by atoms with van der Waals surface area (Å²) in [6.45, 7) is 0.883. The van der Waals surface area contributed by atoms with E-state index >= 15 is 0 Å². The Morgan fingerprint density at radius 2 is 2.46 bits per heavy atom. The number of fused-ring (bicyclic) bond motifs is 1. The van der Waals surface area contributed by atoms with Crippen molar-refractivity contribution in [3.8, 4) is 0 Å². The van der Waals surface area contributed by atoms with Crippen LogP contribution in [-0.2, 0) is 6.42 Å². The van der Waals surface area contributed by atoms with Crippen molar-refractivity contribution in [1.29, 1.82) is 0 Å². The fraction of sp³-hybridized carbons (Fsp3) is 0.375. The molecule has 0 aromatic carbocycles. The summed E-state index contributed by atoms with van der Waals surface area (Å²) >= 11 is 0. The van der Waals surface area contributed by atoms with Crippen LogP contribution in [0.5, 0.6) is 0 Å². The zero-order valence-corrected chi connectivity index (χ0v) is 6.95. The van der Waals surface area contributed by atoms with Crippen LogP contribution in [0.3, 0.4) is 0 Å².